The lowest BCUT2D eigenvalue weighted by Crippen LogP contribution is -2.41. The fraction of sp³-hybridized carbons (Fsp3) is 0.214. The van der Waals surface area contributed by atoms with Crippen LogP contribution in [0.3, 0.4) is 0 Å². The molecule has 0 saturated carbocycles. The summed E-state index contributed by atoms with van der Waals surface area (Å²) in [5, 5.41) is 10.1. The smallest absolute Gasteiger partial charge is 0.320 e. The van der Waals surface area contributed by atoms with Gasteiger partial charge in [-0.1, -0.05) is 6.07 Å². The average molecular weight is 270 g/mol. The second kappa shape index (κ2) is 4.90. The van der Waals surface area contributed by atoms with Gasteiger partial charge in [-0.25, -0.2) is 9.78 Å². The molecule has 1 aliphatic rings. The molecule has 0 aliphatic carbocycles. The molecule has 0 bridgehead atoms. The topological polar surface area (TPSA) is 92.3 Å². The molecule has 3 rings (SSSR count). The number of rotatable bonds is 1. The number of urea groups is 1. The second-order valence-corrected chi connectivity index (χ2v) is 4.67. The average Bonchev–Trinajstić information content (AvgIpc) is 2.48. The van der Waals surface area contributed by atoms with Crippen LogP contribution < -0.4 is 10.6 Å². The van der Waals surface area contributed by atoms with E-state index in [1.165, 1.54) is 4.90 Å². The van der Waals surface area contributed by atoms with E-state index >= 15 is 0 Å². The van der Waals surface area contributed by atoms with Crippen molar-refractivity contribution < 1.29 is 9.90 Å². The van der Waals surface area contributed by atoms with Gasteiger partial charge in [0.25, 0.3) is 0 Å². The third-order valence-electron chi connectivity index (χ3n) is 3.40. The van der Waals surface area contributed by atoms with Crippen LogP contribution >= 0.6 is 0 Å². The number of carbonyl (C=O) groups is 1. The summed E-state index contributed by atoms with van der Waals surface area (Å²) >= 11 is 0. The Bertz CT molecular complexity index is 645. The molecule has 1 atom stereocenters. The summed E-state index contributed by atoms with van der Waals surface area (Å²) in [6.07, 6.45) is 4.89. The Morgan fingerprint density at radius 1 is 1.40 bits per heavy atom. The maximum Gasteiger partial charge on any atom is 0.320 e. The first kappa shape index (κ1) is 12.6. The molecule has 0 radical (unpaired) electrons. The molecule has 3 N–H and O–H groups in total. The quantitative estimate of drug-likeness (QED) is 0.820. The van der Waals surface area contributed by atoms with E-state index in [0.717, 1.165) is 11.1 Å². The van der Waals surface area contributed by atoms with Crippen LogP contribution in [-0.2, 0) is 0 Å². The summed E-state index contributed by atoms with van der Waals surface area (Å²) in [6, 6.07) is 5.03. The summed E-state index contributed by atoms with van der Waals surface area (Å²) in [5.74, 6) is 0.434. The van der Waals surface area contributed by atoms with Gasteiger partial charge in [0.2, 0.25) is 0 Å². The Morgan fingerprint density at radius 3 is 2.95 bits per heavy atom. The zero-order valence-electron chi connectivity index (χ0n) is 10.7. The van der Waals surface area contributed by atoms with E-state index < -0.39 is 12.1 Å². The summed E-state index contributed by atoms with van der Waals surface area (Å²) in [6.45, 7) is 0.378. The van der Waals surface area contributed by atoms with E-state index in [2.05, 4.69) is 9.97 Å². The van der Waals surface area contributed by atoms with Gasteiger partial charge in [0.15, 0.2) is 0 Å². The van der Waals surface area contributed by atoms with Gasteiger partial charge in [-0.2, -0.15) is 0 Å². The van der Waals surface area contributed by atoms with Gasteiger partial charge in [-0.05, 0) is 18.6 Å². The van der Waals surface area contributed by atoms with E-state index in [9.17, 15) is 9.90 Å². The van der Waals surface area contributed by atoms with Gasteiger partial charge in [0.05, 0.1) is 6.10 Å². The van der Waals surface area contributed by atoms with E-state index in [1.807, 2.05) is 18.2 Å². The van der Waals surface area contributed by atoms with Crippen molar-refractivity contribution in [3.63, 3.8) is 0 Å². The summed E-state index contributed by atoms with van der Waals surface area (Å²) in [5.41, 5.74) is 7.71. The first-order valence-electron chi connectivity index (χ1n) is 6.32. The number of carbonyl (C=O) groups excluding carboxylic acids is 1. The van der Waals surface area contributed by atoms with Crippen molar-refractivity contribution in [1.82, 2.24) is 9.97 Å². The number of nitrogens with zero attached hydrogens (tertiary/aromatic N) is 3. The number of anilines is 1. The fourth-order valence-electron chi connectivity index (χ4n) is 2.36. The number of pyridine rings is 2. The first-order chi connectivity index (χ1) is 9.66. The SMILES string of the molecule is NC(=O)N1CCC(O)c2cc(-c3cccnc3)cnc21. The highest BCUT2D eigenvalue weighted by Crippen LogP contribution is 2.34. The second-order valence-electron chi connectivity index (χ2n) is 4.67. The Morgan fingerprint density at radius 2 is 2.25 bits per heavy atom. The Hall–Kier alpha value is -2.47. The highest BCUT2D eigenvalue weighted by Gasteiger charge is 2.28. The molecule has 6 nitrogen and oxygen atoms in total. The van der Waals surface area contributed by atoms with Crippen LogP contribution in [0.2, 0.25) is 0 Å². The number of amides is 2. The number of nitrogens with two attached hydrogens (primary N) is 1. The molecule has 102 valence electrons. The van der Waals surface area contributed by atoms with Crippen molar-refractivity contribution in [2.75, 3.05) is 11.4 Å². The van der Waals surface area contributed by atoms with Crippen molar-refractivity contribution >= 4 is 11.8 Å². The van der Waals surface area contributed by atoms with Crippen LogP contribution in [0.5, 0.6) is 0 Å². The molecular weight excluding hydrogens is 256 g/mol. The lowest BCUT2D eigenvalue weighted by Gasteiger charge is -2.30. The number of aliphatic hydroxyl groups is 1. The molecule has 1 aliphatic heterocycles. The zero-order valence-corrected chi connectivity index (χ0v) is 10.7. The molecule has 1 unspecified atom stereocenters. The Labute approximate surface area is 115 Å². The molecule has 0 saturated heterocycles. The normalized spacial score (nSPS) is 17.6. The maximum atomic E-state index is 11.4. The molecule has 0 spiro atoms. The lowest BCUT2D eigenvalue weighted by molar-refractivity contribution is 0.164. The molecule has 6 heteroatoms. The summed E-state index contributed by atoms with van der Waals surface area (Å²) in [7, 11) is 0. The van der Waals surface area contributed by atoms with Crippen LogP contribution in [0.1, 0.15) is 18.1 Å². The van der Waals surface area contributed by atoms with Crippen LogP contribution in [0.15, 0.2) is 36.8 Å². The molecular formula is C14H14N4O2. The monoisotopic (exact) mass is 270 g/mol. The summed E-state index contributed by atoms with van der Waals surface area (Å²) in [4.78, 5) is 21.1. The fourth-order valence-corrected chi connectivity index (χ4v) is 2.36. The third kappa shape index (κ3) is 2.10. The van der Waals surface area contributed by atoms with Crippen molar-refractivity contribution in [1.29, 1.82) is 0 Å². The van der Waals surface area contributed by atoms with Crippen molar-refractivity contribution in [3.8, 4) is 11.1 Å². The highest BCUT2D eigenvalue weighted by molar-refractivity contribution is 5.91. The first-order valence-corrected chi connectivity index (χ1v) is 6.32. The molecule has 0 aromatic carbocycles. The standard InChI is InChI=1S/C14H14N4O2/c15-14(20)18-5-3-12(19)11-6-10(8-17-13(11)18)9-2-1-4-16-7-9/h1-2,4,6-8,12,19H,3,5H2,(H2,15,20). The summed E-state index contributed by atoms with van der Waals surface area (Å²) < 4.78 is 0. The predicted molar refractivity (Wildman–Crippen MR) is 74.0 cm³/mol. The maximum absolute atomic E-state index is 11.4. The van der Waals surface area contributed by atoms with Gasteiger partial charge in [0, 0.05) is 41.8 Å². The number of hydrogen-bond acceptors (Lipinski definition) is 4. The van der Waals surface area contributed by atoms with Gasteiger partial charge < -0.3 is 10.8 Å². The van der Waals surface area contributed by atoms with Crippen molar-refractivity contribution in [3.05, 3.63) is 42.4 Å². The predicted octanol–water partition coefficient (Wildman–Crippen LogP) is 1.47. The minimum absolute atomic E-state index is 0.378. The number of aliphatic hydroxyl groups excluding tert-OH is 1. The van der Waals surface area contributed by atoms with Gasteiger partial charge >= 0.3 is 6.03 Å². The Kier molecular flexibility index (Phi) is 3.08. The number of aromatic nitrogens is 2. The molecule has 2 amide bonds. The van der Waals surface area contributed by atoms with Crippen LogP contribution in [-0.4, -0.2) is 27.7 Å². The van der Waals surface area contributed by atoms with Crippen LogP contribution in [0.25, 0.3) is 11.1 Å². The van der Waals surface area contributed by atoms with E-state index in [0.29, 0.717) is 24.3 Å². The molecule has 2 aromatic rings. The minimum Gasteiger partial charge on any atom is -0.388 e. The van der Waals surface area contributed by atoms with Crippen LogP contribution in [0.4, 0.5) is 10.6 Å². The molecule has 2 aromatic heterocycles. The zero-order chi connectivity index (χ0) is 14.1. The van der Waals surface area contributed by atoms with Crippen LogP contribution in [0, 0.1) is 0 Å². The molecule has 20 heavy (non-hydrogen) atoms. The minimum atomic E-state index is -0.635. The molecule has 3 heterocycles. The van der Waals surface area contributed by atoms with Crippen molar-refractivity contribution in [2.45, 2.75) is 12.5 Å². The van der Waals surface area contributed by atoms with Gasteiger partial charge in [-0.3, -0.25) is 9.88 Å². The largest absolute Gasteiger partial charge is 0.388 e. The number of fused-ring (bicyclic) bond motifs is 1. The molecule has 0 fully saturated rings. The Balaban J connectivity index is 2.08. The van der Waals surface area contributed by atoms with E-state index in [1.54, 1.807) is 18.6 Å². The lowest BCUT2D eigenvalue weighted by atomic mass is 9.99. The third-order valence-corrected chi connectivity index (χ3v) is 3.40. The van der Waals surface area contributed by atoms with E-state index in [4.69, 9.17) is 5.73 Å². The number of hydrogen-bond donors (Lipinski definition) is 2. The van der Waals surface area contributed by atoms with Gasteiger partial charge in [-0.15, -0.1) is 0 Å². The number of primary amides is 1. The highest BCUT2D eigenvalue weighted by atomic mass is 16.3. The van der Waals surface area contributed by atoms with Gasteiger partial charge in [0.1, 0.15) is 5.82 Å². The van der Waals surface area contributed by atoms with E-state index in [-0.39, 0.29) is 0 Å². The van der Waals surface area contributed by atoms with Crippen molar-refractivity contribution in [2.24, 2.45) is 5.73 Å².